The van der Waals surface area contributed by atoms with E-state index in [4.69, 9.17) is 17.0 Å². The van der Waals surface area contributed by atoms with E-state index in [0.717, 1.165) is 11.3 Å². The van der Waals surface area contributed by atoms with Crippen LogP contribution in [-0.2, 0) is 19.4 Å². The molecule has 1 aromatic carbocycles. The number of rotatable bonds is 6. The number of carbonyl (C=O) groups is 2. The van der Waals surface area contributed by atoms with Gasteiger partial charge in [0.1, 0.15) is 10.1 Å². The largest absolute Gasteiger partial charge is 0.497 e. The van der Waals surface area contributed by atoms with Crippen LogP contribution in [0.2, 0.25) is 0 Å². The number of ether oxygens (including phenoxy) is 1. The molecule has 1 atom stereocenters. The number of methoxy groups -OCH3 is 1. The zero-order valence-corrected chi connectivity index (χ0v) is 18.6. The van der Waals surface area contributed by atoms with E-state index in [1.165, 1.54) is 21.6 Å². The van der Waals surface area contributed by atoms with Gasteiger partial charge in [0, 0.05) is 26.1 Å². The first-order chi connectivity index (χ1) is 13.7. The van der Waals surface area contributed by atoms with Crippen LogP contribution in [0.5, 0.6) is 5.75 Å². The summed E-state index contributed by atoms with van der Waals surface area (Å²) in [4.78, 5) is 28.6. The number of thiocarbonyl (C=S) groups is 1. The first-order valence-electron chi connectivity index (χ1n) is 9.05. The number of sulfone groups is 1. The van der Waals surface area contributed by atoms with Gasteiger partial charge in [-0.3, -0.25) is 14.5 Å². The Morgan fingerprint density at radius 1 is 1.38 bits per heavy atom. The predicted octanol–water partition coefficient (Wildman–Crippen LogP) is 1.93. The summed E-state index contributed by atoms with van der Waals surface area (Å²) in [5.74, 6) is 0.420. The molecule has 29 heavy (non-hydrogen) atoms. The van der Waals surface area contributed by atoms with Crippen molar-refractivity contribution in [2.45, 2.75) is 18.9 Å². The fraction of sp³-hybridized carbons (Fsp3) is 0.421. The molecule has 0 radical (unpaired) electrons. The van der Waals surface area contributed by atoms with Crippen LogP contribution in [-0.4, -0.2) is 72.6 Å². The van der Waals surface area contributed by atoms with E-state index in [1.54, 1.807) is 20.2 Å². The summed E-state index contributed by atoms with van der Waals surface area (Å²) >= 11 is 6.51. The van der Waals surface area contributed by atoms with Crippen molar-refractivity contribution in [2.75, 3.05) is 32.2 Å². The molecule has 1 unspecified atom stereocenters. The SMILES string of the molecule is COc1ccc(/C=C2/SC(=S)N(CCC(=O)N(C)C3CCS(=O)(=O)C3)C2=O)cc1. The highest BCUT2D eigenvalue weighted by atomic mass is 32.2. The lowest BCUT2D eigenvalue weighted by Crippen LogP contribution is -2.40. The fourth-order valence-corrected chi connectivity index (χ4v) is 6.30. The molecule has 2 heterocycles. The molecule has 0 aliphatic carbocycles. The third-order valence-electron chi connectivity index (χ3n) is 4.99. The van der Waals surface area contributed by atoms with Crippen molar-refractivity contribution in [3.8, 4) is 5.75 Å². The highest BCUT2D eigenvalue weighted by molar-refractivity contribution is 8.26. The first-order valence-corrected chi connectivity index (χ1v) is 12.1. The van der Waals surface area contributed by atoms with Gasteiger partial charge in [-0.1, -0.05) is 36.1 Å². The van der Waals surface area contributed by atoms with Gasteiger partial charge in [-0.15, -0.1) is 0 Å². The van der Waals surface area contributed by atoms with Gasteiger partial charge >= 0.3 is 0 Å². The number of carbonyl (C=O) groups excluding carboxylic acids is 2. The van der Waals surface area contributed by atoms with Crippen molar-refractivity contribution in [3.63, 3.8) is 0 Å². The van der Waals surface area contributed by atoms with Gasteiger partial charge in [-0.05, 0) is 30.2 Å². The second-order valence-corrected chi connectivity index (χ2v) is 10.8. The van der Waals surface area contributed by atoms with E-state index >= 15 is 0 Å². The zero-order chi connectivity index (χ0) is 21.2. The van der Waals surface area contributed by atoms with Crippen LogP contribution in [0.1, 0.15) is 18.4 Å². The lowest BCUT2D eigenvalue weighted by atomic mass is 10.2. The average Bonchev–Trinajstić information content (AvgIpc) is 3.18. The van der Waals surface area contributed by atoms with E-state index in [0.29, 0.717) is 15.6 Å². The molecule has 0 bridgehead atoms. The van der Waals surface area contributed by atoms with Gasteiger partial charge in [-0.25, -0.2) is 8.42 Å². The molecule has 0 aromatic heterocycles. The molecule has 2 amide bonds. The second kappa shape index (κ2) is 8.85. The Kier molecular flexibility index (Phi) is 6.65. The minimum Gasteiger partial charge on any atom is -0.497 e. The molecule has 0 saturated carbocycles. The average molecular weight is 455 g/mol. The highest BCUT2D eigenvalue weighted by Gasteiger charge is 2.35. The lowest BCUT2D eigenvalue weighted by molar-refractivity contribution is -0.132. The van der Waals surface area contributed by atoms with Gasteiger partial charge in [-0.2, -0.15) is 0 Å². The lowest BCUT2D eigenvalue weighted by Gasteiger charge is -2.24. The standard InChI is InChI=1S/C19H22N2O5S3/c1-20(14-8-10-29(24,25)12-14)17(22)7-9-21-18(23)16(28-19(21)27)11-13-3-5-15(26-2)6-4-13/h3-6,11,14H,7-10,12H2,1-2H3/b16-11+. The third-order valence-corrected chi connectivity index (χ3v) is 8.11. The molecule has 2 aliphatic heterocycles. The summed E-state index contributed by atoms with van der Waals surface area (Å²) in [6.07, 6.45) is 2.31. The fourth-order valence-electron chi connectivity index (χ4n) is 3.21. The molecular formula is C19H22N2O5S3. The Morgan fingerprint density at radius 2 is 2.07 bits per heavy atom. The van der Waals surface area contributed by atoms with Gasteiger partial charge in [0.05, 0.1) is 23.5 Å². The number of amides is 2. The molecule has 7 nitrogen and oxygen atoms in total. The van der Waals surface area contributed by atoms with Crippen molar-refractivity contribution < 1.29 is 22.7 Å². The molecule has 2 fully saturated rings. The Bertz CT molecular complexity index is 957. The van der Waals surface area contributed by atoms with E-state index in [9.17, 15) is 18.0 Å². The van der Waals surface area contributed by atoms with Crippen LogP contribution in [0.25, 0.3) is 6.08 Å². The minimum atomic E-state index is -3.06. The summed E-state index contributed by atoms with van der Waals surface area (Å²) in [5, 5.41) is 0. The number of hydrogen-bond donors (Lipinski definition) is 0. The summed E-state index contributed by atoms with van der Waals surface area (Å²) in [6.45, 7) is 0.174. The van der Waals surface area contributed by atoms with E-state index in [1.807, 2.05) is 24.3 Å². The van der Waals surface area contributed by atoms with Crippen LogP contribution < -0.4 is 4.74 Å². The maximum absolute atomic E-state index is 12.7. The van der Waals surface area contributed by atoms with Gasteiger partial charge in [0.25, 0.3) is 5.91 Å². The molecule has 3 rings (SSSR count). The Balaban J connectivity index is 1.59. The van der Waals surface area contributed by atoms with Gasteiger partial charge in [0.15, 0.2) is 9.84 Å². The summed E-state index contributed by atoms with van der Waals surface area (Å²) in [6, 6.07) is 7.02. The number of thioether (sulfide) groups is 1. The van der Waals surface area contributed by atoms with Crippen LogP contribution in [0.3, 0.4) is 0 Å². The predicted molar refractivity (Wildman–Crippen MR) is 117 cm³/mol. The smallest absolute Gasteiger partial charge is 0.266 e. The quantitative estimate of drug-likeness (QED) is 0.480. The topological polar surface area (TPSA) is 84.0 Å². The molecule has 0 N–H and O–H groups in total. The maximum Gasteiger partial charge on any atom is 0.266 e. The first kappa shape index (κ1) is 21.8. The van der Waals surface area contributed by atoms with Crippen LogP contribution >= 0.6 is 24.0 Å². The van der Waals surface area contributed by atoms with Crippen LogP contribution in [0, 0.1) is 0 Å². The summed E-state index contributed by atoms with van der Waals surface area (Å²) in [7, 11) is 0.139. The molecule has 1 aromatic rings. The molecule has 156 valence electrons. The number of nitrogens with zero attached hydrogens (tertiary/aromatic N) is 2. The summed E-state index contributed by atoms with van der Waals surface area (Å²) in [5.41, 5.74) is 0.851. The Hall–Kier alpha value is -1.91. The molecule has 0 spiro atoms. The van der Waals surface area contributed by atoms with E-state index < -0.39 is 9.84 Å². The van der Waals surface area contributed by atoms with Crippen molar-refractivity contribution in [2.24, 2.45) is 0 Å². The summed E-state index contributed by atoms with van der Waals surface area (Å²) < 4.78 is 28.8. The normalized spacial score (nSPS) is 22.3. The highest BCUT2D eigenvalue weighted by Crippen LogP contribution is 2.33. The van der Waals surface area contributed by atoms with Crippen molar-refractivity contribution in [1.29, 1.82) is 0 Å². The Labute approximate surface area is 180 Å². The molecule has 10 heteroatoms. The van der Waals surface area contributed by atoms with E-state index in [-0.39, 0.29) is 42.3 Å². The molecule has 2 aliphatic rings. The van der Waals surface area contributed by atoms with Gasteiger partial charge in [0.2, 0.25) is 5.91 Å². The maximum atomic E-state index is 12.7. The second-order valence-electron chi connectivity index (χ2n) is 6.92. The van der Waals surface area contributed by atoms with Crippen LogP contribution in [0.15, 0.2) is 29.2 Å². The number of hydrogen-bond acceptors (Lipinski definition) is 7. The van der Waals surface area contributed by atoms with Crippen LogP contribution in [0.4, 0.5) is 0 Å². The minimum absolute atomic E-state index is 0.000889. The van der Waals surface area contributed by atoms with Crippen molar-refractivity contribution in [3.05, 3.63) is 34.7 Å². The monoisotopic (exact) mass is 454 g/mol. The molecule has 2 saturated heterocycles. The van der Waals surface area contributed by atoms with E-state index in [2.05, 4.69) is 0 Å². The van der Waals surface area contributed by atoms with Gasteiger partial charge < -0.3 is 9.64 Å². The number of benzene rings is 1. The molecular weight excluding hydrogens is 432 g/mol. The van der Waals surface area contributed by atoms with Crippen molar-refractivity contribution in [1.82, 2.24) is 9.80 Å². The van der Waals surface area contributed by atoms with Crippen molar-refractivity contribution >= 4 is 56.0 Å². The third kappa shape index (κ3) is 5.18. The Morgan fingerprint density at radius 3 is 2.66 bits per heavy atom. The zero-order valence-electron chi connectivity index (χ0n) is 16.2.